The number of nitrogens with one attached hydrogen (secondary N) is 1. The van der Waals surface area contributed by atoms with Crippen molar-refractivity contribution in [3.63, 3.8) is 0 Å². The number of nitrogens with zero attached hydrogens (tertiary/aromatic N) is 2. The predicted octanol–water partition coefficient (Wildman–Crippen LogP) is 4.46. The summed E-state index contributed by atoms with van der Waals surface area (Å²) >= 11 is 0. The van der Waals surface area contributed by atoms with Crippen LogP contribution >= 0.6 is 0 Å². The molecule has 4 heteroatoms. The zero-order chi connectivity index (χ0) is 18.1. The summed E-state index contributed by atoms with van der Waals surface area (Å²) < 4.78 is 0. The van der Waals surface area contributed by atoms with E-state index in [1.54, 1.807) is 0 Å². The first-order valence-electron chi connectivity index (χ1n) is 8.68. The lowest BCUT2D eigenvalue weighted by Crippen LogP contribution is -1.98. The van der Waals surface area contributed by atoms with Crippen LogP contribution in [0.25, 0.3) is 21.8 Å². The van der Waals surface area contributed by atoms with Gasteiger partial charge in [-0.1, -0.05) is 36.4 Å². The summed E-state index contributed by atoms with van der Waals surface area (Å²) in [7, 11) is 0. The van der Waals surface area contributed by atoms with Crippen molar-refractivity contribution in [2.75, 3.05) is 5.73 Å². The number of aromatic nitrogens is 2. The molecule has 3 N–H and O–H groups in total. The minimum Gasteiger partial charge on any atom is -0.382 e. The first kappa shape index (κ1) is 16.2. The van der Waals surface area contributed by atoms with E-state index >= 15 is 0 Å². The van der Waals surface area contributed by atoms with E-state index in [2.05, 4.69) is 53.3 Å². The highest BCUT2D eigenvalue weighted by atomic mass is 14.9. The monoisotopic (exact) mass is 340 g/mol. The number of hydrogen-bond acceptors (Lipinski definition) is 4. The molecule has 0 saturated carbocycles. The molecule has 0 unspecified atom stereocenters. The third kappa shape index (κ3) is 3.02. The van der Waals surface area contributed by atoms with E-state index in [1.807, 2.05) is 18.3 Å². The van der Waals surface area contributed by atoms with Crippen LogP contribution < -0.4 is 5.73 Å². The number of pyridine rings is 2. The molecule has 2 aromatic heterocycles. The van der Waals surface area contributed by atoms with E-state index in [0.29, 0.717) is 5.82 Å². The summed E-state index contributed by atoms with van der Waals surface area (Å²) in [4.78, 5) is 9.08. The van der Waals surface area contributed by atoms with Gasteiger partial charge in [0.05, 0.1) is 5.52 Å². The van der Waals surface area contributed by atoms with Gasteiger partial charge in [-0.2, -0.15) is 0 Å². The van der Waals surface area contributed by atoms with Gasteiger partial charge in [0, 0.05) is 23.2 Å². The smallest absolute Gasteiger partial charge is 0.150 e. The quantitative estimate of drug-likeness (QED) is 0.425. The normalized spacial score (nSPS) is 11.1. The second kappa shape index (κ2) is 6.56. The lowest BCUT2D eigenvalue weighted by atomic mass is 10.0. The van der Waals surface area contributed by atoms with Crippen LogP contribution in [0.2, 0.25) is 0 Å². The molecule has 0 aliphatic rings. The van der Waals surface area contributed by atoms with Gasteiger partial charge in [0.25, 0.3) is 0 Å². The van der Waals surface area contributed by atoms with Crippen molar-refractivity contribution in [3.8, 4) is 0 Å². The van der Waals surface area contributed by atoms with Crippen LogP contribution in [-0.2, 0) is 12.8 Å². The Morgan fingerprint density at radius 3 is 2.50 bits per heavy atom. The highest BCUT2D eigenvalue weighted by Crippen LogP contribution is 2.28. The van der Waals surface area contributed by atoms with Gasteiger partial charge in [0.2, 0.25) is 0 Å². The fraction of sp³-hybridized carbons (Fsp3) is 0.136. The topological polar surface area (TPSA) is 75.7 Å². The molecule has 0 aliphatic heterocycles. The molecule has 0 aliphatic carbocycles. The summed E-state index contributed by atoms with van der Waals surface area (Å²) in [5.41, 5.74) is 12.3. The average Bonchev–Trinajstić information content (AvgIpc) is 2.66. The molecular formula is C22H20N4. The minimum atomic E-state index is 0.479. The Bertz CT molecular complexity index is 1110. The minimum absolute atomic E-state index is 0.479. The van der Waals surface area contributed by atoms with E-state index < -0.39 is 0 Å². The van der Waals surface area contributed by atoms with Gasteiger partial charge < -0.3 is 11.1 Å². The lowest BCUT2D eigenvalue weighted by molar-refractivity contribution is 0.954. The summed E-state index contributed by atoms with van der Waals surface area (Å²) in [5, 5.41) is 9.42. The molecule has 0 atom stereocenters. The van der Waals surface area contributed by atoms with Crippen molar-refractivity contribution in [3.05, 3.63) is 77.0 Å². The number of nitrogens with two attached hydrogens (primary N) is 1. The van der Waals surface area contributed by atoms with Gasteiger partial charge in [0.15, 0.2) is 5.82 Å². The number of fused-ring (bicyclic) bond motifs is 3. The molecule has 2 heterocycles. The molecule has 0 saturated heterocycles. The maximum absolute atomic E-state index is 7.28. The molecule has 2 aromatic carbocycles. The predicted molar refractivity (Wildman–Crippen MR) is 108 cm³/mol. The summed E-state index contributed by atoms with van der Waals surface area (Å²) in [6.07, 6.45) is 5.10. The van der Waals surface area contributed by atoms with Crippen molar-refractivity contribution in [2.45, 2.75) is 19.8 Å². The first-order valence-corrected chi connectivity index (χ1v) is 8.68. The van der Waals surface area contributed by atoms with Crippen molar-refractivity contribution >= 4 is 33.8 Å². The number of anilines is 1. The molecule has 0 radical (unpaired) electrons. The Morgan fingerprint density at radius 1 is 0.962 bits per heavy atom. The number of aryl methyl sites for hydroxylation is 3. The van der Waals surface area contributed by atoms with Crippen LogP contribution in [0.5, 0.6) is 0 Å². The lowest BCUT2D eigenvalue weighted by Gasteiger charge is -2.09. The van der Waals surface area contributed by atoms with Gasteiger partial charge in [-0.25, -0.2) is 4.98 Å². The van der Waals surface area contributed by atoms with Crippen LogP contribution in [0.4, 0.5) is 5.82 Å². The molecule has 0 amide bonds. The molecule has 0 bridgehead atoms. The Morgan fingerprint density at radius 2 is 1.73 bits per heavy atom. The van der Waals surface area contributed by atoms with Crippen molar-refractivity contribution in [1.82, 2.24) is 9.97 Å². The zero-order valence-corrected chi connectivity index (χ0v) is 14.7. The van der Waals surface area contributed by atoms with Gasteiger partial charge in [0.1, 0.15) is 5.52 Å². The van der Waals surface area contributed by atoms with E-state index in [-0.39, 0.29) is 0 Å². The Balaban J connectivity index is 1.69. The number of hydrogen-bond donors (Lipinski definition) is 2. The van der Waals surface area contributed by atoms with E-state index in [9.17, 15) is 0 Å². The molecule has 4 aromatic rings. The van der Waals surface area contributed by atoms with E-state index in [0.717, 1.165) is 40.2 Å². The molecule has 128 valence electrons. The van der Waals surface area contributed by atoms with Crippen molar-refractivity contribution < 1.29 is 0 Å². The molecular weight excluding hydrogens is 320 g/mol. The Hall–Kier alpha value is -3.27. The molecule has 26 heavy (non-hydrogen) atoms. The van der Waals surface area contributed by atoms with Crippen LogP contribution in [-0.4, -0.2) is 16.2 Å². The summed E-state index contributed by atoms with van der Waals surface area (Å²) in [6.45, 7) is 2.06. The third-order valence-electron chi connectivity index (χ3n) is 4.72. The number of nitrogen functional groups attached to an aromatic ring is 1. The highest BCUT2D eigenvalue weighted by Gasteiger charge is 2.09. The van der Waals surface area contributed by atoms with Crippen LogP contribution in [0.15, 0.2) is 54.7 Å². The molecule has 0 fully saturated rings. The molecule has 4 rings (SSSR count). The van der Waals surface area contributed by atoms with Gasteiger partial charge in [-0.15, -0.1) is 0 Å². The summed E-state index contributed by atoms with van der Waals surface area (Å²) in [6, 6.07) is 16.5. The highest BCUT2D eigenvalue weighted by molar-refractivity contribution is 6.08. The largest absolute Gasteiger partial charge is 0.382 e. The van der Waals surface area contributed by atoms with Crippen LogP contribution in [0, 0.1) is 12.3 Å². The fourth-order valence-electron chi connectivity index (χ4n) is 3.27. The first-order chi connectivity index (χ1) is 12.6. The zero-order valence-electron chi connectivity index (χ0n) is 14.7. The maximum Gasteiger partial charge on any atom is 0.150 e. The standard InChI is InChI=1S/C22H20N4/c1-14-2-9-18-19-11-17(8-5-15-3-6-16(12-23)7-4-15)13-25-21(19)22(24)26-20(18)10-14/h2-4,6-7,9-13,23H,5,8H2,1H3,(H2,24,26). The average molecular weight is 340 g/mol. The van der Waals surface area contributed by atoms with Crippen molar-refractivity contribution in [1.29, 1.82) is 5.41 Å². The number of rotatable bonds is 4. The third-order valence-corrected chi connectivity index (χ3v) is 4.72. The Labute approximate surface area is 152 Å². The van der Waals surface area contributed by atoms with Crippen LogP contribution in [0.1, 0.15) is 22.3 Å². The Kier molecular flexibility index (Phi) is 4.09. The molecule has 4 nitrogen and oxygen atoms in total. The molecule has 0 spiro atoms. The van der Waals surface area contributed by atoms with E-state index in [4.69, 9.17) is 11.1 Å². The van der Waals surface area contributed by atoms with Gasteiger partial charge in [-0.05, 0) is 54.2 Å². The SMILES string of the molecule is Cc1ccc2c(c1)nc(N)c1ncc(CCc3ccc(C=N)cc3)cc12. The van der Waals surface area contributed by atoms with Crippen LogP contribution in [0.3, 0.4) is 0 Å². The van der Waals surface area contributed by atoms with Gasteiger partial charge in [-0.3, -0.25) is 4.98 Å². The number of benzene rings is 2. The second-order valence-electron chi connectivity index (χ2n) is 6.64. The fourth-order valence-corrected chi connectivity index (χ4v) is 3.27. The van der Waals surface area contributed by atoms with E-state index in [1.165, 1.54) is 22.9 Å². The van der Waals surface area contributed by atoms with Gasteiger partial charge >= 0.3 is 0 Å². The summed E-state index contributed by atoms with van der Waals surface area (Å²) in [5.74, 6) is 0.479. The maximum atomic E-state index is 7.28. The second-order valence-corrected chi connectivity index (χ2v) is 6.64. The van der Waals surface area contributed by atoms with Crippen molar-refractivity contribution in [2.24, 2.45) is 0 Å².